The second-order valence-electron chi connectivity index (χ2n) is 5.89. The van der Waals surface area contributed by atoms with Gasteiger partial charge >= 0.3 is 0 Å². The Hall–Kier alpha value is -2.65. The molecule has 0 bridgehead atoms. The number of hydrogen-bond donors (Lipinski definition) is 0. The van der Waals surface area contributed by atoms with Crippen molar-refractivity contribution in [2.75, 3.05) is 7.05 Å². The van der Waals surface area contributed by atoms with E-state index in [1.54, 1.807) is 6.92 Å². The molecule has 3 aromatic rings. The zero-order valence-electron chi connectivity index (χ0n) is 14.0. The summed E-state index contributed by atoms with van der Waals surface area (Å²) in [5.74, 6) is 0.0817. The highest BCUT2D eigenvalue weighted by molar-refractivity contribution is 7.10. The maximum absolute atomic E-state index is 12.5. The lowest BCUT2D eigenvalue weighted by Crippen LogP contribution is -2.77. The zero-order valence-corrected chi connectivity index (χ0v) is 15.0. The molecule has 0 N–H and O–H groups in total. The lowest BCUT2D eigenvalue weighted by molar-refractivity contribution is -0.123. The predicted molar refractivity (Wildman–Crippen MR) is 102 cm³/mol. The Kier molecular flexibility index (Phi) is 4.63. The largest absolute Gasteiger partial charge is 0.360 e. The molecule has 0 radical (unpaired) electrons. The molecular formula is C21H21NOSi. The molecule has 0 aliphatic rings. The first-order valence-electron chi connectivity index (χ1n) is 8.08. The van der Waals surface area contributed by atoms with Crippen LogP contribution in [0.25, 0.3) is 0 Å². The number of carbonyl (C=O) groups excluding carboxylic acids is 1. The number of carbonyl (C=O) groups is 1. The number of hydrogen-bond acceptors (Lipinski definition) is 1. The van der Waals surface area contributed by atoms with Crippen LogP contribution in [0, 0.1) is 0 Å². The van der Waals surface area contributed by atoms with E-state index in [2.05, 4.69) is 72.8 Å². The highest BCUT2D eigenvalue weighted by Crippen LogP contribution is 2.12. The topological polar surface area (TPSA) is 20.3 Å². The molecule has 0 aromatic heterocycles. The van der Waals surface area contributed by atoms with E-state index in [1.165, 1.54) is 15.6 Å². The van der Waals surface area contributed by atoms with E-state index in [-0.39, 0.29) is 5.91 Å². The van der Waals surface area contributed by atoms with Crippen LogP contribution in [0.5, 0.6) is 0 Å². The number of rotatable bonds is 4. The molecule has 0 fully saturated rings. The maximum atomic E-state index is 12.5. The molecule has 0 saturated heterocycles. The summed E-state index contributed by atoms with van der Waals surface area (Å²) in [5.41, 5.74) is 0. The maximum Gasteiger partial charge on any atom is 0.255 e. The second-order valence-corrected chi connectivity index (χ2v) is 9.71. The van der Waals surface area contributed by atoms with Crippen LogP contribution < -0.4 is 15.6 Å². The van der Waals surface area contributed by atoms with Gasteiger partial charge in [-0.25, -0.2) is 0 Å². The number of benzene rings is 3. The van der Waals surface area contributed by atoms with E-state index in [9.17, 15) is 4.79 Å². The lowest BCUT2D eigenvalue weighted by atomic mass is 10.3. The van der Waals surface area contributed by atoms with Crippen molar-refractivity contribution in [2.45, 2.75) is 6.92 Å². The molecule has 0 saturated carbocycles. The summed E-state index contributed by atoms with van der Waals surface area (Å²) in [7, 11) is -0.674. The molecular weight excluding hydrogens is 310 g/mol. The fraction of sp³-hybridized carbons (Fsp3) is 0.0952. The fourth-order valence-electron chi connectivity index (χ4n) is 3.36. The molecule has 0 aliphatic carbocycles. The van der Waals surface area contributed by atoms with Crippen LogP contribution >= 0.6 is 0 Å². The monoisotopic (exact) mass is 331 g/mol. The van der Waals surface area contributed by atoms with Gasteiger partial charge in [-0.05, 0) is 15.6 Å². The first kappa shape index (κ1) is 16.2. The molecule has 0 aliphatic heterocycles. The molecule has 3 heteroatoms. The van der Waals surface area contributed by atoms with Gasteiger partial charge in [-0.1, -0.05) is 91.0 Å². The molecule has 0 atom stereocenters. The SMILES string of the molecule is CC(=O)N(C)[Si](c1ccccc1)(c1ccccc1)c1ccccc1. The van der Waals surface area contributed by atoms with Gasteiger partial charge in [0.25, 0.3) is 8.24 Å². The molecule has 24 heavy (non-hydrogen) atoms. The van der Waals surface area contributed by atoms with Gasteiger partial charge in [-0.3, -0.25) is 4.79 Å². The average molecular weight is 331 g/mol. The normalized spacial score (nSPS) is 11.1. The Morgan fingerprint density at radius 1 is 0.667 bits per heavy atom. The summed E-state index contributed by atoms with van der Waals surface area (Å²) >= 11 is 0. The van der Waals surface area contributed by atoms with Crippen molar-refractivity contribution < 1.29 is 4.79 Å². The van der Waals surface area contributed by atoms with E-state index in [1.807, 2.05) is 29.8 Å². The van der Waals surface area contributed by atoms with Gasteiger partial charge in [-0.15, -0.1) is 0 Å². The summed E-state index contributed by atoms with van der Waals surface area (Å²) in [6, 6.07) is 31.2. The van der Waals surface area contributed by atoms with Crippen molar-refractivity contribution in [3.05, 3.63) is 91.0 Å². The quantitative estimate of drug-likeness (QED) is 0.530. The summed E-state index contributed by atoms with van der Waals surface area (Å²) in [6.07, 6.45) is 0. The van der Waals surface area contributed by atoms with Gasteiger partial charge in [0.2, 0.25) is 5.91 Å². The van der Waals surface area contributed by atoms with Crippen LogP contribution in [0.4, 0.5) is 0 Å². The van der Waals surface area contributed by atoms with Crippen LogP contribution in [0.1, 0.15) is 6.92 Å². The van der Waals surface area contributed by atoms with Crippen molar-refractivity contribution >= 4 is 29.7 Å². The standard InChI is InChI=1S/C21H21NOSi/c1-18(23)22(2)24(19-12-6-3-7-13-19,20-14-8-4-9-15-20)21-16-10-5-11-17-21/h3-17H,1-2H3. The zero-order chi connectivity index (χ0) is 17.0. The smallest absolute Gasteiger partial charge is 0.255 e. The van der Waals surface area contributed by atoms with Crippen molar-refractivity contribution in [1.29, 1.82) is 0 Å². The minimum absolute atomic E-state index is 0.0817. The minimum atomic E-state index is -2.61. The molecule has 0 spiro atoms. The van der Waals surface area contributed by atoms with Crippen LogP contribution in [0.3, 0.4) is 0 Å². The Balaban J connectivity index is 2.39. The summed E-state index contributed by atoms with van der Waals surface area (Å²) in [5, 5.41) is 3.63. The summed E-state index contributed by atoms with van der Waals surface area (Å²) < 4.78 is 1.97. The van der Waals surface area contributed by atoms with E-state index in [4.69, 9.17) is 0 Å². The predicted octanol–water partition coefficient (Wildman–Crippen LogP) is 2.13. The van der Waals surface area contributed by atoms with Crippen molar-refractivity contribution in [3.8, 4) is 0 Å². The van der Waals surface area contributed by atoms with Gasteiger partial charge in [0.05, 0.1) is 0 Å². The van der Waals surface area contributed by atoms with Crippen LogP contribution in [0.15, 0.2) is 91.0 Å². The Morgan fingerprint density at radius 3 is 1.21 bits per heavy atom. The summed E-state index contributed by atoms with van der Waals surface area (Å²) in [4.78, 5) is 12.5. The van der Waals surface area contributed by atoms with Gasteiger partial charge in [0, 0.05) is 14.0 Å². The van der Waals surface area contributed by atoms with Crippen molar-refractivity contribution in [3.63, 3.8) is 0 Å². The fourth-order valence-corrected chi connectivity index (χ4v) is 8.01. The third-order valence-corrected chi connectivity index (χ3v) is 9.38. The Labute approximate surface area is 144 Å². The lowest BCUT2D eigenvalue weighted by Gasteiger charge is -2.40. The number of nitrogens with zero attached hydrogens (tertiary/aromatic N) is 1. The van der Waals surface area contributed by atoms with E-state index in [0.717, 1.165) is 0 Å². The van der Waals surface area contributed by atoms with E-state index >= 15 is 0 Å². The highest BCUT2D eigenvalue weighted by atomic mass is 28.3. The molecule has 3 rings (SSSR count). The number of amides is 1. The van der Waals surface area contributed by atoms with Gasteiger partial charge in [0.15, 0.2) is 0 Å². The van der Waals surface area contributed by atoms with Gasteiger partial charge in [-0.2, -0.15) is 0 Å². The molecule has 2 nitrogen and oxygen atoms in total. The van der Waals surface area contributed by atoms with Crippen LogP contribution in [-0.4, -0.2) is 25.8 Å². The Bertz CT molecular complexity index is 706. The molecule has 1 amide bonds. The first-order chi connectivity index (χ1) is 11.7. The van der Waals surface area contributed by atoms with Crippen LogP contribution in [-0.2, 0) is 4.79 Å². The van der Waals surface area contributed by atoms with E-state index in [0.29, 0.717) is 0 Å². The van der Waals surface area contributed by atoms with E-state index < -0.39 is 8.24 Å². The third-order valence-electron chi connectivity index (χ3n) is 4.55. The summed E-state index contributed by atoms with van der Waals surface area (Å²) in [6.45, 7) is 1.65. The van der Waals surface area contributed by atoms with Crippen molar-refractivity contribution in [2.24, 2.45) is 0 Å². The molecule has 0 heterocycles. The molecule has 3 aromatic carbocycles. The van der Waals surface area contributed by atoms with Crippen LogP contribution in [0.2, 0.25) is 0 Å². The van der Waals surface area contributed by atoms with Gasteiger partial charge < -0.3 is 4.57 Å². The van der Waals surface area contributed by atoms with Crippen molar-refractivity contribution in [1.82, 2.24) is 4.57 Å². The minimum Gasteiger partial charge on any atom is -0.360 e. The van der Waals surface area contributed by atoms with Gasteiger partial charge in [0.1, 0.15) is 0 Å². The molecule has 120 valence electrons. The third kappa shape index (κ3) is 2.67. The average Bonchev–Trinajstić information content (AvgIpc) is 2.65. The molecule has 0 unspecified atom stereocenters. The second kappa shape index (κ2) is 6.85. The first-order valence-corrected chi connectivity index (χ1v) is 10.0. The highest BCUT2D eigenvalue weighted by Gasteiger charge is 2.45. The Morgan fingerprint density at radius 2 is 0.958 bits per heavy atom.